The maximum atomic E-state index is 12.9. The molecular formula is C22H23ClN4O4S. The van der Waals surface area contributed by atoms with E-state index in [1.54, 1.807) is 18.2 Å². The van der Waals surface area contributed by atoms with Gasteiger partial charge in [-0.2, -0.15) is 0 Å². The van der Waals surface area contributed by atoms with Crippen molar-refractivity contribution in [2.75, 3.05) is 5.32 Å². The van der Waals surface area contributed by atoms with E-state index in [0.717, 1.165) is 5.69 Å². The first kappa shape index (κ1) is 23.5. The van der Waals surface area contributed by atoms with Gasteiger partial charge in [0.25, 0.3) is 5.91 Å². The van der Waals surface area contributed by atoms with Crippen molar-refractivity contribution in [1.29, 1.82) is 0 Å². The predicted octanol–water partition coefficient (Wildman–Crippen LogP) is 3.84. The molecule has 0 aliphatic heterocycles. The third-order valence-corrected chi connectivity index (χ3v) is 5.66. The Morgan fingerprint density at radius 3 is 2.44 bits per heavy atom. The average molecular weight is 475 g/mol. The molecule has 0 spiro atoms. The zero-order valence-electron chi connectivity index (χ0n) is 17.5. The Kier molecular flexibility index (Phi) is 7.34. The van der Waals surface area contributed by atoms with Crippen molar-refractivity contribution in [2.24, 2.45) is 5.14 Å². The van der Waals surface area contributed by atoms with Crippen LogP contribution >= 0.6 is 11.6 Å². The van der Waals surface area contributed by atoms with E-state index >= 15 is 0 Å². The first-order valence-electron chi connectivity index (χ1n) is 9.73. The highest BCUT2D eigenvalue weighted by atomic mass is 35.5. The Balaban J connectivity index is 1.89. The largest absolute Gasteiger partial charge is 0.474 e. The molecule has 3 aromatic rings. The molecule has 32 heavy (non-hydrogen) atoms. The van der Waals surface area contributed by atoms with Gasteiger partial charge in [0, 0.05) is 12.2 Å². The van der Waals surface area contributed by atoms with E-state index < -0.39 is 15.9 Å². The van der Waals surface area contributed by atoms with Crippen molar-refractivity contribution < 1.29 is 17.9 Å². The molecule has 0 saturated heterocycles. The zero-order valence-corrected chi connectivity index (χ0v) is 19.1. The van der Waals surface area contributed by atoms with Crippen molar-refractivity contribution in [3.63, 3.8) is 0 Å². The van der Waals surface area contributed by atoms with Crippen LogP contribution in [-0.4, -0.2) is 25.4 Å². The summed E-state index contributed by atoms with van der Waals surface area (Å²) < 4.78 is 29.3. The summed E-state index contributed by atoms with van der Waals surface area (Å²) in [6, 6.07) is 17.0. The fraction of sp³-hybridized carbons (Fsp3) is 0.182. The molecule has 4 N–H and O–H groups in total. The first-order valence-corrected chi connectivity index (χ1v) is 11.7. The molecule has 0 bridgehead atoms. The summed E-state index contributed by atoms with van der Waals surface area (Å²) >= 11 is 6.46. The topological polar surface area (TPSA) is 123 Å². The number of halogens is 1. The summed E-state index contributed by atoms with van der Waals surface area (Å²) in [6.07, 6.45) is -0.218. The number of primary sulfonamides is 1. The Hall–Kier alpha value is -3.14. The molecule has 0 atom stereocenters. The van der Waals surface area contributed by atoms with E-state index in [-0.39, 0.29) is 34.1 Å². The highest BCUT2D eigenvalue weighted by molar-refractivity contribution is 7.89. The van der Waals surface area contributed by atoms with Crippen molar-refractivity contribution in [2.45, 2.75) is 31.4 Å². The number of carbonyl (C=O) groups excluding carboxylic acids is 1. The standard InChI is InChI=1S/C22H23ClN4O4S/c1-14(2)31-22-20(23)17(26-16-9-4-3-5-10-16)12-18(27-22)21(28)25-13-15-8-6-7-11-19(15)32(24,29)30/h3-12,14H,13H2,1-2H3,(H,25,28)(H,26,27)(H2,24,29,30). The number of hydrogen-bond donors (Lipinski definition) is 3. The lowest BCUT2D eigenvalue weighted by atomic mass is 10.2. The van der Waals surface area contributed by atoms with Crippen LogP contribution in [0.25, 0.3) is 0 Å². The van der Waals surface area contributed by atoms with Gasteiger partial charge in [-0.25, -0.2) is 18.5 Å². The molecule has 168 valence electrons. The number of pyridine rings is 1. The maximum Gasteiger partial charge on any atom is 0.270 e. The maximum absolute atomic E-state index is 12.9. The van der Waals surface area contributed by atoms with Crippen LogP contribution in [-0.2, 0) is 16.6 Å². The number of rotatable bonds is 8. The summed E-state index contributed by atoms with van der Waals surface area (Å²) in [7, 11) is -3.93. The first-order chi connectivity index (χ1) is 15.1. The van der Waals surface area contributed by atoms with Gasteiger partial charge in [-0.05, 0) is 43.7 Å². The minimum Gasteiger partial charge on any atom is -0.474 e. The quantitative estimate of drug-likeness (QED) is 0.455. The predicted molar refractivity (Wildman–Crippen MR) is 124 cm³/mol. The summed E-state index contributed by atoms with van der Waals surface area (Å²) in [5, 5.41) is 11.3. The van der Waals surface area contributed by atoms with Crippen LogP contribution in [0.2, 0.25) is 5.02 Å². The van der Waals surface area contributed by atoms with Gasteiger partial charge in [0.1, 0.15) is 10.7 Å². The molecule has 0 fully saturated rings. The number of sulfonamides is 1. The van der Waals surface area contributed by atoms with E-state index in [1.165, 1.54) is 12.1 Å². The number of amides is 1. The number of ether oxygens (including phenoxy) is 1. The molecule has 0 radical (unpaired) electrons. The molecule has 10 heteroatoms. The van der Waals surface area contributed by atoms with Crippen LogP contribution in [0.5, 0.6) is 5.88 Å². The molecule has 2 aromatic carbocycles. The molecule has 8 nitrogen and oxygen atoms in total. The van der Waals surface area contributed by atoms with E-state index in [1.807, 2.05) is 44.2 Å². The lowest BCUT2D eigenvalue weighted by molar-refractivity contribution is 0.0943. The molecule has 3 rings (SSSR count). The third-order valence-electron chi connectivity index (χ3n) is 4.28. The molecule has 0 saturated carbocycles. The summed E-state index contributed by atoms with van der Waals surface area (Å²) in [4.78, 5) is 17.0. The minimum absolute atomic E-state index is 0.0524. The number of anilines is 2. The lowest BCUT2D eigenvalue weighted by Gasteiger charge is -2.16. The van der Waals surface area contributed by atoms with Gasteiger partial charge in [0.15, 0.2) is 0 Å². The number of hydrogen-bond acceptors (Lipinski definition) is 6. The monoisotopic (exact) mass is 474 g/mol. The van der Waals surface area contributed by atoms with Crippen molar-refractivity contribution in [3.05, 3.63) is 76.9 Å². The van der Waals surface area contributed by atoms with E-state index in [2.05, 4.69) is 15.6 Å². The normalized spacial score (nSPS) is 11.3. The molecule has 0 aliphatic rings. The van der Waals surface area contributed by atoms with Gasteiger partial charge >= 0.3 is 0 Å². The second-order valence-corrected chi connectivity index (χ2v) is 9.08. The number of nitrogens with one attached hydrogen (secondary N) is 2. The summed E-state index contributed by atoms with van der Waals surface area (Å²) in [6.45, 7) is 3.58. The lowest BCUT2D eigenvalue weighted by Crippen LogP contribution is -2.26. The van der Waals surface area contributed by atoms with Gasteiger partial charge in [0.2, 0.25) is 15.9 Å². The van der Waals surface area contributed by atoms with E-state index in [0.29, 0.717) is 11.3 Å². The van der Waals surface area contributed by atoms with Crippen LogP contribution in [0.4, 0.5) is 11.4 Å². The van der Waals surface area contributed by atoms with Crippen LogP contribution in [0, 0.1) is 0 Å². The third kappa shape index (κ3) is 5.97. The Morgan fingerprint density at radius 2 is 1.78 bits per heavy atom. The molecule has 1 amide bonds. The van der Waals surface area contributed by atoms with Gasteiger partial charge in [-0.1, -0.05) is 48.0 Å². The van der Waals surface area contributed by atoms with E-state index in [4.69, 9.17) is 21.5 Å². The van der Waals surface area contributed by atoms with Gasteiger partial charge < -0.3 is 15.4 Å². The van der Waals surface area contributed by atoms with E-state index in [9.17, 15) is 13.2 Å². The Morgan fingerprint density at radius 1 is 1.12 bits per heavy atom. The molecule has 1 aromatic heterocycles. The van der Waals surface area contributed by atoms with Gasteiger partial charge in [-0.15, -0.1) is 0 Å². The molecule has 1 heterocycles. The summed E-state index contributed by atoms with van der Waals surface area (Å²) in [5.74, 6) is -0.423. The van der Waals surface area contributed by atoms with Gasteiger partial charge in [-0.3, -0.25) is 4.79 Å². The second kappa shape index (κ2) is 9.99. The van der Waals surface area contributed by atoms with Crippen molar-refractivity contribution in [3.8, 4) is 5.88 Å². The van der Waals surface area contributed by atoms with Crippen molar-refractivity contribution in [1.82, 2.24) is 10.3 Å². The minimum atomic E-state index is -3.93. The zero-order chi connectivity index (χ0) is 23.3. The molecule has 0 aliphatic carbocycles. The number of para-hydroxylation sites is 1. The number of nitrogens with two attached hydrogens (primary N) is 1. The number of aromatic nitrogens is 1. The Labute approximate surface area is 191 Å². The highest BCUT2D eigenvalue weighted by Crippen LogP contribution is 2.34. The van der Waals surface area contributed by atoms with Crippen LogP contribution in [0.15, 0.2) is 65.6 Å². The smallest absolute Gasteiger partial charge is 0.270 e. The second-order valence-electron chi connectivity index (χ2n) is 7.17. The van der Waals surface area contributed by atoms with Crippen molar-refractivity contribution >= 4 is 38.9 Å². The fourth-order valence-corrected chi connectivity index (χ4v) is 3.85. The number of carbonyl (C=O) groups is 1. The van der Waals surface area contributed by atoms with Crippen LogP contribution in [0.1, 0.15) is 29.9 Å². The average Bonchev–Trinajstić information content (AvgIpc) is 2.74. The summed E-state index contributed by atoms with van der Waals surface area (Å²) in [5.41, 5.74) is 1.62. The van der Waals surface area contributed by atoms with Crippen LogP contribution in [0.3, 0.4) is 0 Å². The highest BCUT2D eigenvalue weighted by Gasteiger charge is 2.19. The number of nitrogens with zero attached hydrogens (tertiary/aromatic N) is 1. The van der Waals surface area contributed by atoms with Crippen LogP contribution < -0.4 is 20.5 Å². The van der Waals surface area contributed by atoms with Gasteiger partial charge in [0.05, 0.1) is 16.7 Å². The number of benzene rings is 2. The fourth-order valence-electron chi connectivity index (χ4n) is 2.89. The SMILES string of the molecule is CC(C)Oc1nc(C(=O)NCc2ccccc2S(N)(=O)=O)cc(Nc2ccccc2)c1Cl. The molecule has 0 unspecified atom stereocenters. The Bertz CT molecular complexity index is 1220. The molecular weight excluding hydrogens is 452 g/mol.